The fourth-order valence-electron chi connectivity index (χ4n) is 3.40. The SMILES string of the molecule is CN(c1ccc(C(=O)N2CCCc3ccccc32)cc1)S(=O)(=O)c1cccs1. The van der Waals surface area contributed by atoms with Crippen molar-refractivity contribution < 1.29 is 13.2 Å². The van der Waals surface area contributed by atoms with E-state index < -0.39 is 10.0 Å². The Hall–Kier alpha value is -2.64. The molecular weight excluding hydrogens is 392 g/mol. The van der Waals surface area contributed by atoms with Gasteiger partial charge in [0.05, 0.1) is 5.69 Å². The molecule has 1 amide bonds. The minimum Gasteiger partial charge on any atom is -0.308 e. The quantitative estimate of drug-likeness (QED) is 0.646. The zero-order chi connectivity index (χ0) is 19.7. The van der Waals surface area contributed by atoms with Crippen LogP contribution in [-0.2, 0) is 16.4 Å². The molecule has 0 unspecified atom stereocenters. The van der Waals surface area contributed by atoms with E-state index in [2.05, 4.69) is 6.07 Å². The van der Waals surface area contributed by atoms with Crippen LogP contribution in [0.15, 0.2) is 70.3 Å². The number of aryl methyl sites for hydroxylation is 1. The third-order valence-electron chi connectivity index (χ3n) is 4.94. The van der Waals surface area contributed by atoms with Gasteiger partial charge in [0, 0.05) is 24.8 Å². The van der Waals surface area contributed by atoms with Crippen molar-refractivity contribution in [1.82, 2.24) is 0 Å². The second-order valence-electron chi connectivity index (χ2n) is 6.64. The summed E-state index contributed by atoms with van der Waals surface area (Å²) < 4.78 is 26.8. The van der Waals surface area contributed by atoms with Gasteiger partial charge in [-0.25, -0.2) is 8.42 Å². The summed E-state index contributed by atoms with van der Waals surface area (Å²) in [6, 6.07) is 18.0. The summed E-state index contributed by atoms with van der Waals surface area (Å²) in [7, 11) is -2.07. The lowest BCUT2D eigenvalue weighted by Crippen LogP contribution is -2.35. The molecule has 1 aliphatic heterocycles. The minimum atomic E-state index is -3.59. The Bertz CT molecular complexity index is 1090. The summed E-state index contributed by atoms with van der Waals surface area (Å²) in [5.41, 5.74) is 3.20. The highest BCUT2D eigenvalue weighted by atomic mass is 32.2. The Balaban J connectivity index is 1.58. The molecule has 2 heterocycles. The number of thiophene rings is 1. The van der Waals surface area contributed by atoms with Gasteiger partial charge >= 0.3 is 0 Å². The molecule has 0 saturated heterocycles. The first-order valence-electron chi connectivity index (χ1n) is 9.01. The Morgan fingerprint density at radius 1 is 1.04 bits per heavy atom. The van der Waals surface area contributed by atoms with Crippen molar-refractivity contribution in [3.8, 4) is 0 Å². The predicted molar refractivity (Wildman–Crippen MR) is 113 cm³/mol. The smallest absolute Gasteiger partial charge is 0.273 e. The van der Waals surface area contributed by atoms with Crippen molar-refractivity contribution >= 4 is 38.6 Å². The number of benzene rings is 2. The largest absolute Gasteiger partial charge is 0.308 e. The van der Waals surface area contributed by atoms with Crippen LogP contribution in [0.2, 0.25) is 0 Å². The van der Waals surface area contributed by atoms with E-state index in [1.54, 1.807) is 46.7 Å². The number of fused-ring (bicyclic) bond motifs is 1. The number of anilines is 2. The van der Waals surface area contributed by atoms with Gasteiger partial charge in [-0.3, -0.25) is 9.10 Å². The van der Waals surface area contributed by atoms with Crippen LogP contribution in [-0.4, -0.2) is 27.9 Å². The van der Waals surface area contributed by atoms with Gasteiger partial charge in [0.1, 0.15) is 4.21 Å². The van der Waals surface area contributed by atoms with E-state index in [4.69, 9.17) is 0 Å². The first kappa shape index (κ1) is 18.7. The summed E-state index contributed by atoms with van der Waals surface area (Å²) in [5, 5.41) is 1.74. The van der Waals surface area contributed by atoms with Crippen LogP contribution in [0.1, 0.15) is 22.3 Å². The molecule has 0 N–H and O–H groups in total. The van der Waals surface area contributed by atoms with E-state index in [0.717, 1.165) is 18.5 Å². The van der Waals surface area contributed by atoms with Crippen LogP contribution in [0, 0.1) is 0 Å². The molecule has 0 aliphatic carbocycles. The second-order valence-corrected chi connectivity index (χ2v) is 9.78. The molecule has 144 valence electrons. The predicted octanol–water partition coefficient (Wildman–Crippen LogP) is 4.17. The van der Waals surface area contributed by atoms with Gasteiger partial charge in [-0.15, -0.1) is 11.3 Å². The van der Waals surface area contributed by atoms with Crippen LogP contribution in [0.5, 0.6) is 0 Å². The monoisotopic (exact) mass is 412 g/mol. The molecule has 0 saturated carbocycles. The molecule has 7 heteroatoms. The highest BCUT2D eigenvalue weighted by Crippen LogP contribution is 2.29. The van der Waals surface area contributed by atoms with E-state index in [-0.39, 0.29) is 5.91 Å². The van der Waals surface area contributed by atoms with Gasteiger partial charge < -0.3 is 4.90 Å². The van der Waals surface area contributed by atoms with Crippen molar-refractivity contribution in [1.29, 1.82) is 0 Å². The van der Waals surface area contributed by atoms with E-state index in [1.807, 2.05) is 18.2 Å². The maximum Gasteiger partial charge on any atom is 0.273 e. The Kier molecular flexibility index (Phi) is 4.95. The van der Waals surface area contributed by atoms with Gasteiger partial charge in [0.25, 0.3) is 15.9 Å². The summed E-state index contributed by atoms with van der Waals surface area (Å²) in [6.45, 7) is 0.685. The second kappa shape index (κ2) is 7.41. The molecule has 28 heavy (non-hydrogen) atoms. The molecule has 1 aliphatic rings. The Morgan fingerprint density at radius 3 is 2.50 bits per heavy atom. The molecular formula is C21H20N2O3S2. The number of hydrogen-bond acceptors (Lipinski definition) is 4. The summed E-state index contributed by atoms with van der Waals surface area (Å²) in [6.07, 6.45) is 1.91. The van der Waals surface area contributed by atoms with E-state index in [9.17, 15) is 13.2 Å². The lowest BCUT2D eigenvalue weighted by atomic mass is 10.0. The maximum absolute atomic E-state index is 13.0. The number of para-hydroxylation sites is 1. The highest BCUT2D eigenvalue weighted by Gasteiger charge is 2.25. The van der Waals surface area contributed by atoms with Gasteiger partial charge in [-0.2, -0.15) is 0 Å². The number of rotatable bonds is 4. The number of hydrogen-bond donors (Lipinski definition) is 0. The van der Waals surface area contributed by atoms with Gasteiger partial charge in [-0.1, -0.05) is 24.3 Å². The molecule has 1 aromatic heterocycles. The molecule has 0 bridgehead atoms. The fourth-order valence-corrected chi connectivity index (χ4v) is 5.75. The molecule has 0 atom stereocenters. The zero-order valence-electron chi connectivity index (χ0n) is 15.4. The molecule has 2 aromatic carbocycles. The van der Waals surface area contributed by atoms with Gasteiger partial charge in [-0.05, 0) is 60.2 Å². The molecule has 0 fully saturated rings. The molecule has 0 radical (unpaired) electrons. The number of carbonyl (C=O) groups excluding carboxylic acids is 1. The average Bonchev–Trinajstić information content (AvgIpc) is 3.28. The van der Waals surface area contributed by atoms with Gasteiger partial charge in [0.15, 0.2) is 0 Å². The topological polar surface area (TPSA) is 57.7 Å². The zero-order valence-corrected chi connectivity index (χ0v) is 17.0. The minimum absolute atomic E-state index is 0.0672. The summed E-state index contributed by atoms with van der Waals surface area (Å²) >= 11 is 1.18. The van der Waals surface area contributed by atoms with Crippen LogP contribution >= 0.6 is 11.3 Å². The lowest BCUT2D eigenvalue weighted by molar-refractivity contribution is 0.0985. The average molecular weight is 413 g/mol. The van der Waals surface area contributed by atoms with Crippen molar-refractivity contribution in [3.05, 3.63) is 77.2 Å². The highest BCUT2D eigenvalue weighted by molar-refractivity contribution is 7.94. The van der Waals surface area contributed by atoms with Crippen LogP contribution < -0.4 is 9.21 Å². The van der Waals surface area contributed by atoms with E-state index in [0.29, 0.717) is 22.0 Å². The normalized spacial score (nSPS) is 13.8. The Morgan fingerprint density at radius 2 is 1.79 bits per heavy atom. The number of nitrogens with zero attached hydrogens (tertiary/aromatic N) is 2. The van der Waals surface area contributed by atoms with E-state index in [1.165, 1.54) is 28.3 Å². The molecule has 4 rings (SSSR count). The Labute approximate surface area is 168 Å². The number of amides is 1. The first-order chi connectivity index (χ1) is 13.5. The van der Waals surface area contributed by atoms with Crippen molar-refractivity contribution in [2.45, 2.75) is 17.1 Å². The van der Waals surface area contributed by atoms with Crippen LogP contribution in [0.25, 0.3) is 0 Å². The van der Waals surface area contributed by atoms with Crippen molar-refractivity contribution in [2.75, 3.05) is 22.8 Å². The summed E-state index contributed by atoms with van der Waals surface area (Å²) in [5.74, 6) is -0.0672. The van der Waals surface area contributed by atoms with Crippen molar-refractivity contribution in [2.24, 2.45) is 0 Å². The first-order valence-corrected chi connectivity index (χ1v) is 11.3. The van der Waals surface area contributed by atoms with Crippen LogP contribution in [0.4, 0.5) is 11.4 Å². The summed E-state index contributed by atoms with van der Waals surface area (Å²) in [4.78, 5) is 14.8. The lowest BCUT2D eigenvalue weighted by Gasteiger charge is -2.29. The third kappa shape index (κ3) is 3.31. The van der Waals surface area contributed by atoms with E-state index >= 15 is 0 Å². The molecule has 5 nitrogen and oxygen atoms in total. The maximum atomic E-state index is 13.0. The number of sulfonamides is 1. The third-order valence-corrected chi connectivity index (χ3v) is 8.10. The number of carbonyl (C=O) groups is 1. The van der Waals surface area contributed by atoms with Gasteiger partial charge in [0.2, 0.25) is 0 Å². The van der Waals surface area contributed by atoms with Crippen LogP contribution in [0.3, 0.4) is 0 Å². The fraction of sp³-hybridized carbons (Fsp3) is 0.190. The van der Waals surface area contributed by atoms with Crippen molar-refractivity contribution in [3.63, 3.8) is 0 Å². The molecule has 3 aromatic rings. The molecule has 0 spiro atoms. The standard InChI is InChI=1S/C21H20N2O3S2/c1-22(28(25,26)20-9-5-15-27-20)18-12-10-17(11-13-18)21(24)23-14-4-7-16-6-2-3-8-19(16)23/h2-3,5-6,8-13,15H,4,7,14H2,1H3.